The summed E-state index contributed by atoms with van der Waals surface area (Å²) in [6, 6.07) is 10.9. The topological polar surface area (TPSA) is 82.0 Å². The zero-order valence-electron chi connectivity index (χ0n) is 17.8. The molecule has 1 amide bonds. The van der Waals surface area contributed by atoms with Crippen LogP contribution in [0.1, 0.15) is 43.0 Å². The summed E-state index contributed by atoms with van der Waals surface area (Å²) in [4.78, 5) is 13.6. The summed E-state index contributed by atoms with van der Waals surface area (Å²) in [6.45, 7) is 8.73. The first kappa shape index (κ1) is 24.0. The monoisotopic (exact) mass is 478 g/mol. The van der Waals surface area contributed by atoms with Gasteiger partial charge >= 0.3 is 6.09 Å². The lowest BCUT2D eigenvalue weighted by Crippen LogP contribution is -2.39. The molecule has 0 aliphatic carbocycles. The molecule has 0 bridgehead atoms. The van der Waals surface area contributed by atoms with E-state index >= 15 is 0 Å². The van der Waals surface area contributed by atoms with Crippen molar-refractivity contribution in [3.8, 4) is 11.5 Å². The first-order chi connectivity index (χ1) is 13.7. The maximum absolute atomic E-state index is 11.9. The van der Waals surface area contributed by atoms with Crippen molar-refractivity contribution in [2.75, 3.05) is 13.1 Å². The van der Waals surface area contributed by atoms with Crippen LogP contribution in [0.2, 0.25) is 0 Å². The maximum atomic E-state index is 11.9. The smallest absolute Gasteiger partial charge is 0.410 e. The number of phenolic OH excluding ortho intramolecular Hbond substituents is 2. The molecule has 6 nitrogen and oxygen atoms in total. The Bertz CT molecular complexity index is 880. The summed E-state index contributed by atoms with van der Waals surface area (Å²) in [5, 5.41) is 21.9. The van der Waals surface area contributed by atoms with Crippen LogP contribution in [-0.4, -0.2) is 39.9 Å². The molecule has 7 heteroatoms. The largest absolute Gasteiger partial charge is 0.508 e. The second-order valence-electron chi connectivity index (χ2n) is 8.48. The number of nitrogens with zero attached hydrogens (tertiary/aromatic N) is 1. The van der Waals surface area contributed by atoms with Crippen LogP contribution in [-0.2, 0) is 30.7 Å². The maximum Gasteiger partial charge on any atom is 0.410 e. The molecule has 0 radical (unpaired) electrons. The van der Waals surface area contributed by atoms with E-state index in [9.17, 15) is 9.90 Å². The number of fused-ring (bicyclic) bond motifs is 2. The number of benzene rings is 2. The van der Waals surface area contributed by atoms with E-state index in [0.717, 1.165) is 37.1 Å². The van der Waals surface area contributed by atoms with Crippen molar-refractivity contribution >= 4 is 23.1 Å². The quantitative estimate of drug-likeness (QED) is 0.525. The van der Waals surface area contributed by atoms with Crippen molar-refractivity contribution in [1.82, 2.24) is 10.2 Å². The Labute approximate surface area is 188 Å². The fraction of sp³-hybridized carbons (Fsp3) is 0.435. The number of hydrogen-bond donors (Lipinski definition) is 3. The van der Waals surface area contributed by atoms with Crippen LogP contribution in [0.25, 0.3) is 0 Å². The number of halogens is 1. The van der Waals surface area contributed by atoms with Crippen LogP contribution in [0.4, 0.5) is 4.79 Å². The average Bonchev–Trinajstić information content (AvgIpc) is 2.66. The molecule has 0 fully saturated rings. The van der Waals surface area contributed by atoms with Gasteiger partial charge in [0.05, 0.1) is 0 Å². The molecule has 0 saturated heterocycles. The Kier molecular flexibility index (Phi) is 8.15. The molecule has 0 atom stereocenters. The van der Waals surface area contributed by atoms with Gasteiger partial charge in [0.1, 0.15) is 17.1 Å². The molecule has 4 rings (SSSR count). The van der Waals surface area contributed by atoms with Gasteiger partial charge in [-0.15, -0.1) is 17.0 Å². The molecular weight excluding hydrogens is 448 g/mol. The SMILES string of the molecule is Br.CC(C)(C)OC(=O)N1CCc2cc(O)ccc2C1.Oc1ccc2c(c1)CCNC2. The Morgan fingerprint density at radius 1 is 0.967 bits per heavy atom. The fourth-order valence-corrected chi connectivity index (χ4v) is 3.49. The Hall–Kier alpha value is -2.25. The molecule has 0 spiro atoms. The van der Waals surface area contributed by atoms with Crippen molar-refractivity contribution in [2.24, 2.45) is 0 Å². The molecule has 0 unspecified atom stereocenters. The zero-order valence-corrected chi connectivity index (χ0v) is 19.5. The van der Waals surface area contributed by atoms with E-state index in [-0.39, 0.29) is 28.8 Å². The second kappa shape index (κ2) is 10.2. The third kappa shape index (κ3) is 6.64. The van der Waals surface area contributed by atoms with Gasteiger partial charge in [0.25, 0.3) is 0 Å². The van der Waals surface area contributed by atoms with Gasteiger partial charge in [-0.1, -0.05) is 12.1 Å². The zero-order chi connectivity index (χ0) is 21.0. The molecule has 2 heterocycles. The molecule has 3 N–H and O–H groups in total. The highest BCUT2D eigenvalue weighted by Crippen LogP contribution is 2.24. The number of nitrogens with one attached hydrogen (secondary N) is 1. The number of carbonyl (C=O) groups is 1. The number of amides is 1. The second-order valence-corrected chi connectivity index (χ2v) is 8.48. The van der Waals surface area contributed by atoms with Crippen LogP contribution >= 0.6 is 17.0 Å². The summed E-state index contributed by atoms with van der Waals surface area (Å²) in [5.74, 6) is 0.658. The lowest BCUT2D eigenvalue weighted by atomic mass is 10.00. The molecule has 2 aromatic rings. The van der Waals surface area contributed by atoms with E-state index < -0.39 is 5.60 Å². The normalized spacial score (nSPS) is 15.0. The van der Waals surface area contributed by atoms with Crippen LogP contribution in [0.3, 0.4) is 0 Å². The van der Waals surface area contributed by atoms with E-state index in [4.69, 9.17) is 9.84 Å². The summed E-state index contributed by atoms with van der Waals surface area (Å²) in [6.07, 6.45) is 1.51. The Morgan fingerprint density at radius 2 is 1.57 bits per heavy atom. The van der Waals surface area contributed by atoms with Gasteiger partial charge in [-0.3, -0.25) is 0 Å². The first-order valence-corrected chi connectivity index (χ1v) is 10.0. The minimum atomic E-state index is -0.466. The highest BCUT2D eigenvalue weighted by atomic mass is 79.9. The van der Waals surface area contributed by atoms with Crippen molar-refractivity contribution in [1.29, 1.82) is 0 Å². The van der Waals surface area contributed by atoms with Gasteiger partial charge in [-0.25, -0.2) is 4.79 Å². The van der Waals surface area contributed by atoms with Gasteiger partial charge in [-0.05, 0) is 86.7 Å². The Morgan fingerprint density at radius 3 is 2.20 bits per heavy atom. The van der Waals surface area contributed by atoms with Crippen molar-refractivity contribution in [2.45, 2.75) is 52.3 Å². The molecule has 30 heavy (non-hydrogen) atoms. The molecular formula is C23H31BrN2O4. The average molecular weight is 479 g/mol. The predicted molar refractivity (Wildman–Crippen MR) is 122 cm³/mol. The standard InChI is InChI=1S/C14H19NO3.C9H11NO.BrH/c1-14(2,3)18-13(17)15-7-6-10-8-12(16)5-4-11(10)9-15;11-9-2-1-8-6-10-4-3-7(8)5-9;/h4-5,8,16H,6-7,9H2,1-3H3;1-2,5,10-11H,3-4,6H2;1H. The molecule has 2 aliphatic heterocycles. The highest BCUT2D eigenvalue weighted by molar-refractivity contribution is 8.93. The summed E-state index contributed by atoms with van der Waals surface area (Å²) < 4.78 is 5.35. The molecule has 0 aromatic heterocycles. The van der Waals surface area contributed by atoms with Crippen molar-refractivity contribution < 1.29 is 19.7 Å². The van der Waals surface area contributed by atoms with Gasteiger partial charge in [0, 0.05) is 19.6 Å². The number of ether oxygens (including phenoxy) is 1. The molecule has 2 aliphatic rings. The van der Waals surface area contributed by atoms with E-state index in [0.29, 0.717) is 18.8 Å². The number of carbonyl (C=O) groups excluding carboxylic acids is 1. The predicted octanol–water partition coefficient (Wildman–Crippen LogP) is 4.30. The van der Waals surface area contributed by atoms with E-state index in [1.165, 1.54) is 11.1 Å². The Balaban J connectivity index is 0.000000229. The van der Waals surface area contributed by atoms with E-state index in [2.05, 4.69) is 5.32 Å². The minimum Gasteiger partial charge on any atom is -0.508 e. The van der Waals surface area contributed by atoms with Crippen LogP contribution < -0.4 is 5.32 Å². The summed E-state index contributed by atoms with van der Waals surface area (Å²) in [5.41, 5.74) is 4.31. The summed E-state index contributed by atoms with van der Waals surface area (Å²) in [7, 11) is 0. The fourth-order valence-electron chi connectivity index (χ4n) is 3.49. The van der Waals surface area contributed by atoms with Gasteiger partial charge in [0.2, 0.25) is 0 Å². The number of aromatic hydroxyl groups is 2. The van der Waals surface area contributed by atoms with Crippen LogP contribution in [0, 0.1) is 0 Å². The number of phenols is 2. The van der Waals surface area contributed by atoms with Crippen LogP contribution in [0.5, 0.6) is 11.5 Å². The van der Waals surface area contributed by atoms with Gasteiger partial charge < -0.3 is 25.2 Å². The van der Waals surface area contributed by atoms with Crippen molar-refractivity contribution in [3.05, 3.63) is 58.7 Å². The number of rotatable bonds is 0. The lowest BCUT2D eigenvalue weighted by Gasteiger charge is -2.31. The highest BCUT2D eigenvalue weighted by Gasteiger charge is 2.25. The third-order valence-electron chi connectivity index (χ3n) is 4.93. The third-order valence-corrected chi connectivity index (χ3v) is 4.93. The molecule has 0 saturated carbocycles. The summed E-state index contributed by atoms with van der Waals surface area (Å²) >= 11 is 0. The molecule has 164 valence electrons. The minimum absolute atomic E-state index is 0. The van der Waals surface area contributed by atoms with Crippen LogP contribution in [0.15, 0.2) is 36.4 Å². The van der Waals surface area contributed by atoms with E-state index in [1.54, 1.807) is 23.1 Å². The van der Waals surface area contributed by atoms with Gasteiger partial charge in [0.15, 0.2) is 0 Å². The first-order valence-electron chi connectivity index (χ1n) is 10.0. The molecule has 2 aromatic carbocycles. The number of hydrogen-bond acceptors (Lipinski definition) is 5. The van der Waals surface area contributed by atoms with Crippen molar-refractivity contribution in [3.63, 3.8) is 0 Å². The van der Waals surface area contributed by atoms with Gasteiger partial charge in [-0.2, -0.15) is 0 Å². The van der Waals surface area contributed by atoms with E-state index in [1.807, 2.05) is 39.0 Å². The lowest BCUT2D eigenvalue weighted by molar-refractivity contribution is 0.0224.